The van der Waals surface area contributed by atoms with Gasteiger partial charge in [-0.1, -0.05) is 12.5 Å². The van der Waals surface area contributed by atoms with Gasteiger partial charge >= 0.3 is 0 Å². The van der Waals surface area contributed by atoms with Crippen LogP contribution in [0.4, 0.5) is 0 Å². The van der Waals surface area contributed by atoms with Gasteiger partial charge in [-0.2, -0.15) is 0 Å². The van der Waals surface area contributed by atoms with Crippen molar-refractivity contribution in [2.75, 3.05) is 14.2 Å². The Balaban J connectivity index is 1.89. The van der Waals surface area contributed by atoms with Crippen LogP contribution in [0, 0.1) is 5.92 Å². The molecule has 3 rings (SSSR count). The lowest BCUT2D eigenvalue weighted by molar-refractivity contribution is 0.251. The van der Waals surface area contributed by atoms with E-state index in [9.17, 15) is 0 Å². The molecule has 1 heterocycles. The molecule has 1 saturated heterocycles. The highest BCUT2D eigenvalue weighted by Gasteiger charge is 2.35. The van der Waals surface area contributed by atoms with Gasteiger partial charge < -0.3 is 14.8 Å². The molecule has 0 radical (unpaired) electrons. The smallest absolute Gasteiger partial charge is 0.127 e. The van der Waals surface area contributed by atoms with Gasteiger partial charge in [0, 0.05) is 12.1 Å². The first-order valence-electron chi connectivity index (χ1n) is 7.30. The third kappa shape index (κ3) is 2.32. The maximum atomic E-state index is 5.53. The normalized spacial score (nSPS) is 29.9. The minimum atomic E-state index is 0.366. The minimum Gasteiger partial charge on any atom is -0.496 e. The molecule has 2 fully saturated rings. The largest absolute Gasteiger partial charge is 0.496 e. The van der Waals surface area contributed by atoms with Crippen LogP contribution < -0.4 is 14.8 Å². The Morgan fingerprint density at radius 2 is 1.74 bits per heavy atom. The van der Waals surface area contributed by atoms with Crippen molar-refractivity contribution < 1.29 is 9.47 Å². The number of rotatable bonds is 3. The van der Waals surface area contributed by atoms with E-state index in [4.69, 9.17) is 9.47 Å². The first-order chi connectivity index (χ1) is 9.33. The molecular weight excluding hydrogens is 238 g/mol. The summed E-state index contributed by atoms with van der Waals surface area (Å²) < 4.78 is 11.1. The maximum absolute atomic E-state index is 5.53. The van der Waals surface area contributed by atoms with Gasteiger partial charge in [0.05, 0.1) is 19.8 Å². The summed E-state index contributed by atoms with van der Waals surface area (Å²) in [6, 6.07) is 7.10. The number of ether oxygens (including phenoxy) is 2. The molecule has 3 nitrogen and oxygen atoms in total. The Morgan fingerprint density at radius 3 is 2.42 bits per heavy atom. The van der Waals surface area contributed by atoms with Gasteiger partial charge in [-0.05, 0) is 43.7 Å². The van der Waals surface area contributed by atoms with E-state index in [1.165, 1.54) is 37.7 Å². The number of piperidine rings is 1. The third-order valence-corrected chi connectivity index (χ3v) is 4.71. The Morgan fingerprint density at radius 1 is 1.00 bits per heavy atom. The van der Waals surface area contributed by atoms with Crippen molar-refractivity contribution in [2.24, 2.45) is 5.92 Å². The van der Waals surface area contributed by atoms with Crippen LogP contribution in [0.25, 0.3) is 0 Å². The second-order valence-electron chi connectivity index (χ2n) is 5.67. The van der Waals surface area contributed by atoms with Gasteiger partial charge in [0.25, 0.3) is 0 Å². The quantitative estimate of drug-likeness (QED) is 0.905. The molecule has 1 N–H and O–H groups in total. The number of benzene rings is 1. The van der Waals surface area contributed by atoms with Crippen molar-refractivity contribution in [3.8, 4) is 11.5 Å². The van der Waals surface area contributed by atoms with Crippen LogP contribution in [-0.4, -0.2) is 20.3 Å². The van der Waals surface area contributed by atoms with Crippen molar-refractivity contribution in [1.82, 2.24) is 5.32 Å². The summed E-state index contributed by atoms with van der Waals surface area (Å²) in [6.45, 7) is 0. The Hall–Kier alpha value is -1.22. The molecule has 1 aliphatic carbocycles. The molecule has 0 amide bonds. The van der Waals surface area contributed by atoms with E-state index in [1.54, 1.807) is 14.2 Å². The molecular formula is C16H23NO2. The van der Waals surface area contributed by atoms with Crippen molar-refractivity contribution in [2.45, 2.75) is 44.2 Å². The van der Waals surface area contributed by atoms with E-state index in [-0.39, 0.29) is 0 Å². The molecule has 3 heteroatoms. The summed E-state index contributed by atoms with van der Waals surface area (Å²) in [7, 11) is 3.47. The second-order valence-corrected chi connectivity index (χ2v) is 5.67. The molecule has 1 aromatic rings. The Labute approximate surface area is 115 Å². The highest BCUT2D eigenvalue weighted by molar-refractivity contribution is 5.47. The number of nitrogens with one attached hydrogen (secondary N) is 1. The number of fused-ring (bicyclic) bond motifs is 1. The minimum absolute atomic E-state index is 0.366. The zero-order valence-corrected chi connectivity index (χ0v) is 11.8. The number of methoxy groups -OCH3 is 2. The Bertz CT molecular complexity index is 424. The zero-order chi connectivity index (χ0) is 13.2. The molecule has 2 aliphatic rings. The zero-order valence-electron chi connectivity index (χ0n) is 11.8. The summed E-state index contributed by atoms with van der Waals surface area (Å²) in [5.74, 6) is 2.76. The number of hydrogen-bond donors (Lipinski definition) is 1. The average Bonchev–Trinajstić information content (AvgIpc) is 2.93. The topological polar surface area (TPSA) is 30.5 Å². The summed E-state index contributed by atoms with van der Waals surface area (Å²) in [5.41, 5.74) is 1.19. The molecule has 0 spiro atoms. The van der Waals surface area contributed by atoms with E-state index >= 15 is 0 Å². The second kappa shape index (κ2) is 5.41. The molecule has 1 saturated carbocycles. The molecule has 3 atom stereocenters. The molecule has 104 valence electrons. The van der Waals surface area contributed by atoms with Crippen LogP contribution >= 0.6 is 0 Å². The van der Waals surface area contributed by atoms with Crippen LogP contribution in [0.2, 0.25) is 0 Å². The fraction of sp³-hybridized carbons (Fsp3) is 0.625. The first kappa shape index (κ1) is 12.8. The van der Waals surface area contributed by atoms with Crippen molar-refractivity contribution in [3.05, 3.63) is 23.8 Å². The van der Waals surface area contributed by atoms with E-state index in [2.05, 4.69) is 5.32 Å². The predicted octanol–water partition coefficient (Wildman–Crippen LogP) is 3.30. The fourth-order valence-electron chi connectivity index (χ4n) is 3.78. The van der Waals surface area contributed by atoms with Crippen molar-refractivity contribution in [1.29, 1.82) is 0 Å². The van der Waals surface area contributed by atoms with Crippen LogP contribution in [-0.2, 0) is 0 Å². The molecule has 0 aromatic heterocycles. The van der Waals surface area contributed by atoms with E-state index in [1.807, 2.05) is 18.2 Å². The summed E-state index contributed by atoms with van der Waals surface area (Å²) in [4.78, 5) is 0. The predicted molar refractivity (Wildman–Crippen MR) is 75.8 cm³/mol. The lowest BCUT2D eigenvalue weighted by Gasteiger charge is -2.35. The summed E-state index contributed by atoms with van der Waals surface area (Å²) in [5, 5.41) is 3.82. The molecule has 19 heavy (non-hydrogen) atoms. The average molecular weight is 261 g/mol. The SMILES string of the molecule is COc1cccc(OC)c1C1CCC2CCCC2N1. The highest BCUT2D eigenvalue weighted by atomic mass is 16.5. The van der Waals surface area contributed by atoms with Crippen molar-refractivity contribution >= 4 is 0 Å². The van der Waals surface area contributed by atoms with Crippen LogP contribution in [0.1, 0.15) is 43.7 Å². The van der Waals surface area contributed by atoms with Gasteiger partial charge in [-0.25, -0.2) is 0 Å². The van der Waals surface area contributed by atoms with Gasteiger partial charge in [-0.3, -0.25) is 0 Å². The van der Waals surface area contributed by atoms with E-state index in [0.717, 1.165) is 17.4 Å². The maximum Gasteiger partial charge on any atom is 0.127 e. The highest BCUT2D eigenvalue weighted by Crippen LogP contribution is 2.43. The van der Waals surface area contributed by atoms with Crippen molar-refractivity contribution in [3.63, 3.8) is 0 Å². The lowest BCUT2D eigenvalue weighted by atomic mass is 9.86. The van der Waals surface area contributed by atoms with E-state index < -0.39 is 0 Å². The molecule has 1 aromatic carbocycles. The summed E-state index contributed by atoms with van der Waals surface area (Å²) >= 11 is 0. The lowest BCUT2D eigenvalue weighted by Crippen LogP contribution is -2.40. The fourth-order valence-corrected chi connectivity index (χ4v) is 3.78. The van der Waals surface area contributed by atoms with Crippen LogP contribution in [0.15, 0.2) is 18.2 Å². The third-order valence-electron chi connectivity index (χ3n) is 4.71. The molecule has 3 unspecified atom stereocenters. The van der Waals surface area contributed by atoms with Gasteiger partial charge in [0.2, 0.25) is 0 Å². The number of hydrogen-bond acceptors (Lipinski definition) is 3. The summed E-state index contributed by atoms with van der Waals surface area (Å²) in [6.07, 6.45) is 6.59. The van der Waals surface area contributed by atoms with Gasteiger partial charge in [0.15, 0.2) is 0 Å². The van der Waals surface area contributed by atoms with Gasteiger partial charge in [0.1, 0.15) is 11.5 Å². The molecule has 1 aliphatic heterocycles. The Kier molecular flexibility index (Phi) is 3.65. The van der Waals surface area contributed by atoms with E-state index in [0.29, 0.717) is 12.1 Å². The van der Waals surface area contributed by atoms with Gasteiger partial charge in [-0.15, -0.1) is 0 Å². The molecule has 0 bridgehead atoms. The standard InChI is InChI=1S/C16H23NO2/c1-18-14-7-4-8-15(19-2)16(14)13-10-9-11-5-3-6-12(11)17-13/h4,7-8,11-13,17H,3,5-6,9-10H2,1-2H3. The first-order valence-corrected chi connectivity index (χ1v) is 7.30. The van der Waals surface area contributed by atoms with Crippen LogP contribution in [0.3, 0.4) is 0 Å². The monoisotopic (exact) mass is 261 g/mol. The van der Waals surface area contributed by atoms with Crippen LogP contribution in [0.5, 0.6) is 11.5 Å².